The van der Waals surface area contributed by atoms with Crippen LogP contribution in [0.5, 0.6) is 5.75 Å². The number of fused-ring (bicyclic) bond motifs is 1. The fourth-order valence-corrected chi connectivity index (χ4v) is 7.25. The molecule has 3 aromatic heterocycles. The molecule has 1 saturated carbocycles. The molecule has 9 nitrogen and oxygen atoms in total. The van der Waals surface area contributed by atoms with Crippen molar-refractivity contribution in [1.82, 2.24) is 24.4 Å². The van der Waals surface area contributed by atoms with Crippen molar-refractivity contribution in [3.63, 3.8) is 0 Å². The maximum atomic E-state index is 12.5. The summed E-state index contributed by atoms with van der Waals surface area (Å²) in [5.74, 6) is 1.74. The van der Waals surface area contributed by atoms with E-state index < -0.39 is 0 Å². The zero-order chi connectivity index (χ0) is 32.6. The number of nitrogens with two attached hydrogens (primary N) is 1. The Kier molecular flexibility index (Phi) is 8.19. The van der Waals surface area contributed by atoms with Crippen LogP contribution in [0, 0.1) is 4.51 Å². The van der Waals surface area contributed by atoms with Gasteiger partial charge < -0.3 is 15.8 Å². The minimum Gasteiger partial charge on any atom is -0.486 e. The highest BCUT2D eigenvalue weighted by Gasteiger charge is 2.28. The normalized spacial score (nSPS) is 16.2. The Morgan fingerprint density at radius 2 is 1.67 bits per heavy atom. The number of nitrogens with one attached hydrogen (secondary N) is 1. The summed E-state index contributed by atoms with van der Waals surface area (Å²) >= 11 is 5.32. The van der Waals surface area contributed by atoms with Gasteiger partial charge >= 0.3 is 0 Å². The van der Waals surface area contributed by atoms with E-state index in [1.54, 1.807) is 6.20 Å². The number of hydrogen-bond donors (Lipinski definition) is 2. The molecule has 0 atom stereocenters. The van der Waals surface area contributed by atoms with E-state index in [9.17, 15) is 4.79 Å². The van der Waals surface area contributed by atoms with Crippen molar-refractivity contribution < 1.29 is 4.74 Å². The number of aromatic nitrogens is 4. The Morgan fingerprint density at radius 1 is 0.896 bits per heavy atom. The number of pyridine rings is 2. The van der Waals surface area contributed by atoms with E-state index >= 15 is 0 Å². The van der Waals surface area contributed by atoms with E-state index in [1.165, 1.54) is 18.4 Å². The van der Waals surface area contributed by atoms with Gasteiger partial charge in [0, 0.05) is 43.1 Å². The number of benzene rings is 2. The Labute approximate surface area is 284 Å². The van der Waals surface area contributed by atoms with Crippen molar-refractivity contribution >= 4 is 34.9 Å². The monoisotopic (exact) mass is 655 g/mol. The van der Waals surface area contributed by atoms with Gasteiger partial charge in [-0.3, -0.25) is 14.3 Å². The van der Waals surface area contributed by atoms with Crippen LogP contribution in [0.4, 0.5) is 11.5 Å². The fraction of sp³-hybridized carbons (Fsp3) is 0.289. The van der Waals surface area contributed by atoms with Gasteiger partial charge in [-0.05, 0) is 80.5 Å². The quantitative estimate of drug-likeness (QED) is 0.158. The van der Waals surface area contributed by atoms with E-state index in [0.29, 0.717) is 27.6 Å². The zero-order valence-electron chi connectivity index (χ0n) is 26.6. The van der Waals surface area contributed by atoms with Crippen LogP contribution in [0.1, 0.15) is 44.1 Å². The highest BCUT2D eigenvalue weighted by molar-refractivity contribution is 7.71. The summed E-state index contributed by atoms with van der Waals surface area (Å²) in [5.41, 5.74) is 13.3. The number of likely N-dealkylation sites (tertiary alicyclic amines) is 1. The lowest BCUT2D eigenvalue weighted by molar-refractivity contribution is 0.203. The second-order valence-electron chi connectivity index (χ2n) is 12.9. The maximum absolute atomic E-state index is 12.5. The van der Waals surface area contributed by atoms with Gasteiger partial charge in [-0.1, -0.05) is 54.7 Å². The van der Waals surface area contributed by atoms with Crippen molar-refractivity contribution in [1.29, 1.82) is 0 Å². The molecule has 1 aliphatic heterocycles. The number of piperidine rings is 1. The van der Waals surface area contributed by atoms with Crippen molar-refractivity contribution in [2.45, 2.75) is 57.2 Å². The number of rotatable bonds is 9. The summed E-state index contributed by atoms with van der Waals surface area (Å²) in [6.07, 6.45) is 8.21. The topological polar surface area (TPSA) is 111 Å². The van der Waals surface area contributed by atoms with E-state index in [1.807, 2.05) is 42.5 Å². The molecule has 0 radical (unpaired) electrons. The molecule has 0 unspecified atom stereocenters. The SMILES string of the molecule is Nc1ncccc1-c1nc2ccc(-c3ccccc3)nc2n1-c1ccc(CN2CCC(Nc3c(OC4CCCC4)c(=S)c3=O)CC2)cc1. The fourth-order valence-electron chi connectivity index (χ4n) is 6.99. The molecular formula is C38H37N7O2S. The lowest BCUT2D eigenvalue weighted by Crippen LogP contribution is -2.40. The van der Waals surface area contributed by atoms with Crippen molar-refractivity contribution in [3.05, 3.63) is 105 Å². The first-order valence-electron chi connectivity index (χ1n) is 16.8. The number of ether oxygens (including phenoxy) is 1. The number of imidazole rings is 1. The molecule has 0 amide bonds. The average molecular weight is 656 g/mol. The lowest BCUT2D eigenvalue weighted by atomic mass is 10.0. The van der Waals surface area contributed by atoms with E-state index in [0.717, 1.165) is 79.0 Å². The molecule has 0 bridgehead atoms. The summed E-state index contributed by atoms with van der Waals surface area (Å²) in [6, 6.07) is 26.8. The first kappa shape index (κ1) is 30.4. The third kappa shape index (κ3) is 5.86. The number of anilines is 2. The molecule has 242 valence electrons. The van der Waals surface area contributed by atoms with Crippen LogP contribution in [0.3, 0.4) is 0 Å². The van der Waals surface area contributed by atoms with Gasteiger partial charge in [0.1, 0.15) is 21.5 Å². The first-order valence-corrected chi connectivity index (χ1v) is 17.2. The van der Waals surface area contributed by atoms with Crippen LogP contribution >= 0.6 is 12.2 Å². The van der Waals surface area contributed by atoms with E-state index in [4.69, 9.17) is 32.7 Å². The van der Waals surface area contributed by atoms with Crippen LogP contribution in [0.2, 0.25) is 0 Å². The summed E-state index contributed by atoms with van der Waals surface area (Å²) in [6.45, 7) is 2.72. The van der Waals surface area contributed by atoms with E-state index in [2.05, 4.69) is 56.2 Å². The van der Waals surface area contributed by atoms with Gasteiger partial charge in [-0.2, -0.15) is 0 Å². The second kappa shape index (κ2) is 12.9. The summed E-state index contributed by atoms with van der Waals surface area (Å²) in [4.78, 5) is 29.4. The maximum Gasteiger partial charge on any atom is 0.227 e. The highest BCUT2D eigenvalue weighted by atomic mass is 32.1. The molecule has 4 heterocycles. The molecule has 3 N–H and O–H groups in total. The van der Waals surface area contributed by atoms with Gasteiger partial charge in [0.2, 0.25) is 5.43 Å². The Balaban J connectivity index is 0.990. The highest BCUT2D eigenvalue weighted by Crippen LogP contribution is 2.34. The molecule has 48 heavy (non-hydrogen) atoms. The lowest BCUT2D eigenvalue weighted by Gasteiger charge is -2.33. The molecule has 0 spiro atoms. The molecule has 2 aliphatic rings. The van der Waals surface area contributed by atoms with Gasteiger partial charge in [0.05, 0.1) is 17.4 Å². The van der Waals surface area contributed by atoms with E-state index in [-0.39, 0.29) is 17.6 Å². The van der Waals surface area contributed by atoms with Gasteiger partial charge in [-0.25, -0.2) is 15.0 Å². The Bertz CT molecular complexity index is 2140. The third-order valence-electron chi connectivity index (χ3n) is 9.64. The standard InChI is InChI=1S/C38H37N7O2S/c39-36-29(11-6-20-40-36)37-43-31-17-16-30(25-7-2-1-3-8-25)42-38(31)45(37)27-14-12-24(13-15-27)23-44-21-18-26(19-22-44)41-32-33(46)35(48)34(32)47-28-9-4-5-10-28/h1-3,6-8,11-17,20,26,28,41H,4-5,9-10,18-19,21-23H2,(H2,39,40). The van der Waals surface area contributed by atoms with Crippen LogP contribution < -0.4 is 21.2 Å². The Morgan fingerprint density at radius 3 is 2.42 bits per heavy atom. The average Bonchev–Trinajstić information content (AvgIpc) is 3.79. The molecule has 10 heteroatoms. The number of nitrogen functional groups attached to an aromatic ring is 1. The molecule has 3 aromatic carbocycles. The number of hydrogen-bond acceptors (Lipinski definition) is 9. The van der Waals surface area contributed by atoms with Gasteiger partial charge in [0.15, 0.2) is 17.2 Å². The largest absolute Gasteiger partial charge is 0.486 e. The molecular weight excluding hydrogens is 619 g/mol. The van der Waals surface area contributed by atoms with Gasteiger partial charge in [0.25, 0.3) is 0 Å². The van der Waals surface area contributed by atoms with Crippen LogP contribution in [-0.2, 0) is 6.54 Å². The first-order chi connectivity index (χ1) is 23.5. The predicted octanol–water partition coefficient (Wildman–Crippen LogP) is 7.09. The molecule has 2 fully saturated rings. The second-order valence-corrected chi connectivity index (χ2v) is 13.3. The minimum atomic E-state index is -0.0768. The van der Waals surface area contributed by atoms with Crippen molar-refractivity contribution in [3.8, 4) is 34.1 Å². The molecule has 8 rings (SSSR count). The predicted molar refractivity (Wildman–Crippen MR) is 193 cm³/mol. The summed E-state index contributed by atoms with van der Waals surface area (Å²) in [5, 5.41) is 3.48. The number of nitrogens with zero attached hydrogens (tertiary/aromatic N) is 5. The third-order valence-corrected chi connectivity index (χ3v) is 10.0. The molecule has 6 aromatic rings. The molecule has 1 saturated heterocycles. The summed E-state index contributed by atoms with van der Waals surface area (Å²) in [7, 11) is 0. The van der Waals surface area contributed by atoms with Crippen molar-refractivity contribution in [2.75, 3.05) is 24.1 Å². The zero-order valence-corrected chi connectivity index (χ0v) is 27.5. The minimum absolute atomic E-state index is 0.0768. The van der Waals surface area contributed by atoms with Crippen molar-refractivity contribution in [2.24, 2.45) is 0 Å². The van der Waals surface area contributed by atoms with Crippen LogP contribution in [0.15, 0.2) is 89.9 Å². The van der Waals surface area contributed by atoms with Gasteiger partial charge in [-0.15, -0.1) is 0 Å². The molecule has 1 aliphatic carbocycles. The summed E-state index contributed by atoms with van der Waals surface area (Å²) < 4.78 is 8.55. The smallest absolute Gasteiger partial charge is 0.227 e. The van der Waals surface area contributed by atoms with Crippen LogP contribution in [-0.4, -0.2) is 49.7 Å². The Hall–Kier alpha value is -4.93. The van der Waals surface area contributed by atoms with Crippen LogP contribution in [0.25, 0.3) is 39.5 Å².